The maximum atomic E-state index is 12.6. The van der Waals surface area contributed by atoms with Crippen LogP contribution in [0.5, 0.6) is 0 Å². The number of ether oxygens (including phenoxy) is 1. The second-order valence-electron chi connectivity index (χ2n) is 8.90. The lowest BCUT2D eigenvalue weighted by atomic mass is 9.97. The Morgan fingerprint density at radius 2 is 1.97 bits per heavy atom. The summed E-state index contributed by atoms with van der Waals surface area (Å²) in [5.41, 5.74) is 1.67. The van der Waals surface area contributed by atoms with Crippen molar-refractivity contribution < 1.29 is 14.3 Å². The largest absolute Gasteiger partial charge is 0.465 e. The molecule has 1 aromatic carbocycles. The van der Waals surface area contributed by atoms with Crippen molar-refractivity contribution >= 4 is 17.8 Å². The zero-order valence-corrected chi connectivity index (χ0v) is 19.3. The molecule has 0 aliphatic carbocycles. The lowest BCUT2D eigenvalue weighted by Crippen LogP contribution is -2.44. The first-order valence-electron chi connectivity index (χ1n) is 11.8. The van der Waals surface area contributed by atoms with Gasteiger partial charge in [0.05, 0.1) is 12.7 Å². The molecule has 3 heterocycles. The van der Waals surface area contributed by atoms with Crippen molar-refractivity contribution in [2.75, 3.05) is 38.2 Å². The standard InChI is InChI=1S/C25H33N5O3/c1-33-24(32)21-7-5-19(6-8-21)16-26-14-11-22-9-10-23(31)30(22)18-20-4-2-15-29(17-20)25-27-12-3-13-28-25/h3,5-8,12-13,20,22,26H,2,4,9-11,14-18H2,1H3/t20-,22+/m0/s1. The monoisotopic (exact) mass is 451 g/mol. The van der Waals surface area contributed by atoms with Gasteiger partial charge in [-0.05, 0) is 61.9 Å². The number of hydrogen-bond acceptors (Lipinski definition) is 7. The predicted octanol–water partition coefficient (Wildman–Crippen LogP) is 2.65. The zero-order chi connectivity index (χ0) is 23.0. The van der Waals surface area contributed by atoms with Crippen molar-refractivity contribution in [2.24, 2.45) is 5.92 Å². The number of piperidine rings is 1. The van der Waals surface area contributed by atoms with Gasteiger partial charge < -0.3 is 19.9 Å². The van der Waals surface area contributed by atoms with E-state index in [1.807, 2.05) is 18.2 Å². The highest BCUT2D eigenvalue weighted by Gasteiger charge is 2.33. The van der Waals surface area contributed by atoms with Crippen LogP contribution in [0, 0.1) is 5.92 Å². The Morgan fingerprint density at radius 1 is 1.18 bits per heavy atom. The third-order valence-electron chi connectivity index (χ3n) is 6.62. The zero-order valence-electron chi connectivity index (χ0n) is 19.3. The maximum Gasteiger partial charge on any atom is 0.337 e. The van der Waals surface area contributed by atoms with Crippen molar-refractivity contribution in [3.8, 4) is 0 Å². The SMILES string of the molecule is COC(=O)c1ccc(CNCC[C@H]2CCC(=O)N2C[C@H]2CCCN(c3ncccn3)C2)cc1. The molecule has 2 aliphatic rings. The third-order valence-corrected chi connectivity index (χ3v) is 6.62. The van der Waals surface area contributed by atoms with E-state index in [1.165, 1.54) is 7.11 Å². The summed E-state index contributed by atoms with van der Waals surface area (Å²) >= 11 is 0. The number of esters is 1. The minimum absolute atomic E-state index is 0.284. The quantitative estimate of drug-likeness (QED) is 0.463. The third kappa shape index (κ3) is 6.07. The Labute approximate surface area is 195 Å². The van der Waals surface area contributed by atoms with Crippen LogP contribution in [0.2, 0.25) is 0 Å². The molecular formula is C25H33N5O3. The lowest BCUT2D eigenvalue weighted by molar-refractivity contribution is -0.129. The number of methoxy groups -OCH3 is 1. The van der Waals surface area contributed by atoms with Crippen LogP contribution < -0.4 is 10.2 Å². The fourth-order valence-corrected chi connectivity index (χ4v) is 4.85. The number of carbonyl (C=O) groups is 2. The number of benzene rings is 1. The Morgan fingerprint density at radius 3 is 2.73 bits per heavy atom. The number of likely N-dealkylation sites (tertiary alicyclic amines) is 1. The molecule has 8 nitrogen and oxygen atoms in total. The molecule has 2 saturated heterocycles. The summed E-state index contributed by atoms with van der Waals surface area (Å²) in [7, 11) is 1.39. The van der Waals surface area contributed by atoms with E-state index in [4.69, 9.17) is 4.74 Å². The summed E-state index contributed by atoms with van der Waals surface area (Å²) in [5, 5.41) is 3.48. The van der Waals surface area contributed by atoms with Crippen LogP contribution in [0.15, 0.2) is 42.7 Å². The Bertz CT molecular complexity index is 921. The number of amides is 1. The van der Waals surface area contributed by atoms with Gasteiger partial charge >= 0.3 is 5.97 Å². The molecule has 176 valence electrons. The number of carbonyl (C=O) groups excluding carboxylic acids is 2. The summed E-state index contributed by atoms with van der Waals surface area (Å²) in [6, 6.07) is 9.59. The van der Waals surface area contributed by atoms with E-state index < -0.39 is 0 Å². The Kier molecular flexibility index (Phi) is 7.88. The second-order valence-corrected chi connectivity index (χ2v) is 8.90. The lowest BCUT2D eigenvalue weighted by Gasteiger charge is -2.36. The van der Waals surface area contributed by atoms with Gasteiger partial charge in [-0.1, -0.05) is 12.1 Å². The molecule has 0 spiro atoms. The molecule has 33 heavy (non-hydrogen) atoms. The average Bonchev–Trinajstić information content (AvgIpc) is 3.21. The summed E-state index contributed by atoms with van der Waals surface area (Å²) < 4.78 is 4.74. The smallest absolute Gasteiger partial charge is 0.337 e. The first kappa shape index (κ1) is 23.2. The average molecular weight is 452 g/mol. The van der Waals surface area contributed by atoms with Gasteiger partial charge in [0.15, 0.2) is 0 Å². The van der Waals surface area contributed by atoms with Crippen molar-refractivity contribution in [2.45, 2.75) is 44.7 Å². The van der Waals surface area contributed by atoms with Gasteiger partial charge in [0, 0.05) is 51.0 Å². The first-order chi connectivity index (χ1) is 16.1. The summed E-state index contributed by atoms with van der Waals surface area (Å²) in [6.07, 6.45) is 8.35. The van der Waals surface area contributed by atoms with E-state index in [2.05, 4.69) is 25.1 Å². The number of nitrogens with zero attached hydrogens (tertiary/aromatic N) is 4. The molecule has 4 rings (SSSR count). The number of rotatable bonds is 9. The molecule has 2 atom stereocenters. The van der Waals surface area contributed by atoms with Crippen LogP contribution in [0.3, 0.4) is 0 Å². The van der Waals surface area contributed by atoms with Gasteiger partial charge in [0.25, 0.3) is 0 Å². The molecule has 1 N–H and O–H groups in total. The molecule has 2 aromatic rings. The fourth-order valence-electron chi connectivity index (χ4n) is 4.85. The molecule has 2 fully saturated rings. The van der Waals surface area contributed by atoms with Crippen LogP contribution >= 0.6 is 0 Å². The minimum atomic E-state index is -0.321. The van der Waals surface area contributed by atoms with Crippen LogP contribution in [0.4, 0.5) is 5.95 Å². The molecule has 0 saturated carbocycles. The van der Waals surface area contributed by atoms with Crippen LogP contribution in [0.1, 0.15) is 48.0 Å². The summed E-state index contributed by atoms with van der Waals surface area (Å²) in [5.74, 6) is 1.20. The highest BCUT2D eigenvalue weighted by atomic mass is 16.5. The van der Waals surface area contributed by atoms with Crippen LogP contribution in [-0.4, -0.2) is 66.1 Å². The van der Waals surface area contributed by atoms with E-state index in [1.54, 1.807) is 24.5 Å². The van der Waals surface area contributed by atoms with Gasteiger partial charge in [-0.15, -0.1) is 0 Å². The first-order valence-corrected chi connectivity index (χ1v) is 11.8. The van der Waals surface area contributed by atoms with Gasteiger partial charge in [0.1, 0.15) is 0 Å². The topological polar surface area (TPSA) is 87.7 Å². The molecule has 0 unspecified atom stereocenters. The summed E-state index contributed by atoms with van der Waals surface area (Å²) in [6.45, 7) is 4.28. The van der Waals surface area contributed by atoms with Gasteiger partial charge in [-0.3, -0.25) is 4.79 Å². The van der Waals surface area contributed by atoms with Crippen molar-refractivity contribution in [3.05, 3.63) is 53.9 Å². The molecular weight excluding hydrogens is 418 g/mol. The van der Waals surface area contributed by atoms with Gasteiger partial charge in [-0.2, -0.15) is 0 Å². The maximum absolute atomic E-state index is 12.6. The van der Waals surface area contributed by atoms with Crippen LogP contribution in [-0.2, 0) is 16.1 Å². The number of nitrogens with one attached hydrogen (secondary N) is 1. The summed E-state index contributed by atoms with van der Waals surface area (Å²) in [4.78, 5) is 37.3. The van der Waals surface area contributed by atoms with E-state index >= 15 is 0 Å². The molecule has 8 heteroatoms. The fraction of sp³-hybridized carbons (Fsp3) is 0.520. The van der Waals surface area contributed by atoms with Crippen molar-refractivity contribution in [1.82, 2.24) is 20.2 Å². The highest BCUT2D eigenvalue weighted by molar-refractivity contribution is 5.89. The minimum Gasteiger partial charge on any atom is -0.465 e. The van der Waals surface area contributed by atoms with E-state index in [-0.39, 0.29) is 11.9 Å². The van der Waals surface area contributed by atoms with Gasteiger partial charge in [0.2, 0.25) is 11.9 Å². The van der Waals surface area contributed by atoms with Crippen molar-refractivity contribution in [3.63, 3.8) is 0 Å². The number of hydrogen-bond donors (Lipinski definition) is 1. The number of anilines is 1. The van der Waals surface area contributed by atoms with E-state index in [0.717, 1.165) is 69.9 Å². The highest BCUT2D eigenvalue weighted by Crippen LogP contribution is 2.26. The second kappa shape index (κ2) is 11.2. The van der Waals surface area contributed by atoms with Crippen LogP contribution in [0.25, 0.3) is 0 Å². The predicted molar refractivity (Wildman–Crippen MR) is 126 cm³/mol. The molecule has 1 aromatic heterocycles. The molecule has 1 amide bonds. The van der Waals surface area contributed by atoms with Gasteiger partial charge in [-0.25, -0.2) is 14.8 Å². The Hall–Kier alpha value is -3.00. The number of aromatic nitrogens is 2. The molecule has 2 aliphatic heterocycles. The van der Waals surface area contributed by atoms with Crippen molar-refractivity contribution in [1.29, 1.82) is 0 Å². The normalized spacial score (nSPS) is 20.8. The molecule has 0 bridgehead atoms. The van der Waals surface area contributed by atoms with E-state index in [0.29, 0.717) is 23.9 Å². The van der Waals surface area contributed by atoms with E-state index in [9.17, 15) is 9.59 Å². The Balaban J connectivity index is 1.24. The molecule has 0 radical (unpaired) electrons.